The minimum absolute atomic E-state index is 0.0828. The van der Waals surface area contributed by atoms with Crippen molar-refractivity contribution in [2.75, 3.05) is 11.5 Å². The third-order valence-corrected chi connectivity index (χ3v) is 6.81. The number of benzene rings is 2. The van der Waals surface area contributed by atoms with Crippen LogP contribution in [0.3, 0.4) is 0 Å². The van der Waals surface area contributed by atoms with Gasteiger partial charge in [-0.1, -0.05) is 24.3 Å². The molecule has 2 bridgehead atoms. The summed E-state index contributed by atoms with van der Waals surface area (Å²) in [6.45, 7) is 1.82. The van der Waals surface area contributed by atoms with Gasteiger partial charge in [0.2, 0.25) is 11.8 Å². The molecule has 0 aromatic heterocycles. The lowest BCUT2D eigenvalue weighted by molar-refractivity contribution is -0.131. The molecule has 2 amide bonds. The first-order chi connectivity index (χ1) is 13.5. The molecular formula is C22H20N2O4. The Bertz CT molecular complexity index is 1070. The standard InChI is InChI=1S/C22H20N2O4/c1-21-8-9-22(28-21,10-11-25)18-17(21)19(26)24(20(18)27)16-7-6-13(12-23)14-4-2-3-5-15(14)16/h2-7,17-18,25H,8-11H2,1H3/t17-,18+,21?,22?/m1/s1. The number of amides is 2. The van der Waals surface area contributed by atoms with Gasteiger partial charge in [0, 0.05) is 23.8 Å². The number of hydrogen-bond donors (Lipinski definition) is 1. The Kier molecular flexibility index (Phi) is 3.49. The van der Waals surface area contributed by atoms with Crippen LogP contribution in [0.15, 0.2) is 36.4 Å². The molecule has 3 fully saturated rings. The Morgan fingerprint density at radius 1 is 1.14 bits per heavy atom. The van der Waals surface area contributed by atoms with E-state index in [4.69, 9.17) is 4.74 Å². The number of nitrogens with zero attached hydrogens (tertiary/aromatic N) is 2. The fourth-order valence-corrected chi connectivity index (χ4v) is 5.61. The van der Waals surface area contributed by atoms with Gasteiger partial charge in [0.15, 0.2) is 0 Å². The summed E-state index contributed by atoms with van der Waals surface area (Å²) in [6.07, 6.45) is 1.73. The van der Waals surface area contributed by atoms with Crippen molar-refractivity contribution in [3.05, 3.63) is 42.0 Å². The number of ether oxygens (including phenoxy) is 1. The molecule has 2 unspecified atom stereocenters. The Hall–Kier alpha value is -2.75. The highest BCUT2D eigenvalue weighted by molar-refractivity contribution is 6.26. The number of rotatable bonds is 3. The number of carbonyl (C=O) groups excluding carboxylic acids is 2. The zero-order valence-electron chi connectivity index (χ0n) is 15.5. The van der Waals surface area contributed by atoms with Gasteiger partial charge < -0.3 is 9.84 Å². The smallest absolute Gasteiger partial charge is 0.240 e. The van der Waals surface area contributed by atoms with Gasteiger partial charge in [-0.3, -0.25) is 9.59 Å². The van der Waals surface area contributed by atoms with Gasteiger partial charge in [0.25, 0.3) is 0 Å². The zero-order chi connectivity index (χ0) is 19.7. The van der Waals surface area contributed by atoms with Crippen LogP contribution in [-0.4, -0.2) is 34.7 Å². The molecule has 0 saturated carbocycles. The number of aliphatic hydroxyl groups is 1. The molecule has 2 aromatic rings. The second kappa shape index (κ2) is 5.63. The summed E-state index contributed by atoms with van der Waals surface area (Å²) >= 11 is 0. The second-order valence-corrected chi connectivity index (χ2v) is 8.21. The van der Waals surface area contributed by atoms with Crippen molar-refractivity contribution in [1.29, 1.82) is 5.26 Å². The first-order valence-corrected chi connectivity index (χ1v) is 9.56. The Morgan fingerprint density at radius 3 is 2.57 bits per heavy atom. The first kappa shape index (κ1) is 17.4. The van der Waals surface area contributed by atoms with Crippen LogP contribution in [0.4, 0.5) is 5.69 Å². The summed E-state index contributed by atoms with van der Waals surface area (Å²) in [4.78, 5) is 28.2. The summed E-state index contributed by atoms with van der Waals surface area (Å²) in [5.74, 6) is -1.61. The number of aliphatic hydroxyl groups excluding tert-OH is 1. The number of carbonyl (C=O) groups is 2. The third-order valence-electron chi connectivity index (χ3n) is 6.81. The number of imide groups is 1. The van der Waals surface area contributed by atoms with E-state index in [1.807, 2.05) is 31.2 Å². The SMILES string of the molecule is CC12CCC(CCO)(O1)[C@@H]1C(=O)N(c3ccc(C#N)c4ccccc34)C(=O)[C@@H]12. The highest BCUT2D eigenvalue weighted by Gasteiger charge is 2.73. The molecule has 3 heterocycles. The fraction of sp³-hybridized carbons (Fsp3) is 0.409. The fourth-order valence-electron chi connectivity index (χ4n) is 5.61. The van der Waals surface area contributed by atoms with E-state index in [2.05, 4.69) is 6.07 Å². The summed E-state index contributed by atoms with van der Waals surface area (Å²) in [5, 5.41) is 20.4. The van der Waals surface area contributed by atoms with Gasteiger partial charge in [0.1, 0.15) is 0 Å². The van der Waals surface area contributed by atoms with Crippen molar-refractivity contribution in [2.24, 2.45) is 11.8 Å². The van der Waals surface area contributed by atoms with Crippen molar-refractivity contribution in [3.63, 3.8) is 0 Å². The first-order valence-electron chi connectivity index (χ1n) is 9.56. The van der Waals surface area contributed by atoms with Crippen molar-refractivity contribution >= 4 is 28.3 Å². The monoisotopic (exact) mass is 376 g/mol. The average Bonchev–Trinajstić information content (AvgIpc) is 3.26. The zero-order valence-corrected chi connectivity index (χ0v) is 15.5. The van der Waals surface area contributed by atoms with Crippen molar-refractivity contribution in [2.45, 2.75) is 37.4 Å². The third kappa shape index (κ3) is 1.98. The van der Waals surface area contributed by atoms with Crippen molar-refractivity contribution in [1.82, 2.24) is 0 Å². The van der Waals surface area contributed by atoms with Gasteiger partial charge in [-0.15, -0.1) is 0 Å². The summed E-state index contributed by atoms with van der Waals surface area (Å²) in [6, 6.07) is 12.8. The summed E-state index contributed by atoms with van der Waals surface area (Å²) < 4.78 is 6.23. The highest BCUT2D eigenvalue weighted by atomic mass is 16.5. The number of anilines is 1. The molecule has 5 rings (SSSR count). The van der Waals surface area contributed by atoms with Gasteiger partial charge in [0.05, 0.1) is 40.4 Å². The van der Waals surface area contributed by atoms with E-state index < -0.39 is 23.0 Å². The van der Waals surface area contributed by atoms with E-state index in [0.29, 0.717) is 35.9 Å². The van der Waals surface area contributed by atoms with Crippen molar-refractivity contribution in [3.8, 4) is 6.07 Å². The quantitative estimate of drug-likeness (QED) is 0.832. The lowest BCUT2D eigenvalue weighted by Crippen LogP contribution is -2.42. The van der Waals surface area contributed by atoms with Crippen LogP contribution in [0.2, 0.25) is 0 Å². The molecule has 142 valence electrons. The molecule has 6 heteroatoms. The molecule has 0 spiro atoms. The van der Waals surface area contributed by atoms with Crippen LogP contribution in [-0.2, 0) is 14.3 Å². The predicted molar refractivity (Wildman–Crippen MR) is 101 cm³/mol. The lowest BCUT2D eigenvalue weighted by Gasteiger charge is -2.30. The van der Waals surface area contributed by atoms with Gasteiger partial charge >= 0.3 is 0 Å². The topological polar surface area (TPSA) is 90.6 Å². The van der Waals surface area contributed by atoms with Crippen molar-refractivity contribution < 1.29 is 19.4 Å². The van der Waals surface area contributed by atoms with Gasteiger partial charge in [-0.25, -0.2) is 4.90 Å². The molecule has 28 heavy (non-hydrogen) atoms. The highest BCUT2D eigenvalue weighted by Crippen LogP contribution is 2.62. The van der Waals surface area contributed by atoms with Crippen LogP contribution in [0, 0.1) is 23.2 Å². The molecule has 4 atom stereocenters. The molecule has 2 aromatic carbocycles. The maximum atomic E-state index is 13.5. The second-order valence-electron chi connectivity index (χ2n) is 8.21. The van der Waals surface area contributed by atoms with E-state index in [-0.39, 0.29) is 18.4 Å². The minimum atomic E-state index is -0.766. The molecule has 3 saturated heterocycles. The van der Waals surface area contributed by atoms with Crippen LogP contribution < -0.4 is 4.90 Å². The van der Waals surface area contributed by atoms with Gasteiger partial charge in [-0.05, 0) is 31.9 Å². The molecule has 3 aliphatic heterocycles. The Balaban J connectivity index is 1.67. The maximum Gasteiger partial charge on any atom is 0.240 e. The summed E-state index contributed by atoms with van der Waals surface area (Å²) in [7, 11) is 0. The number of nitriles is 1. The lowest BCUT2D eigenvalue weighted by atomic mass is 9.67. The molecular weight excluding hydrogens is 356 g/mol. The predicted octanol–water partition coefficient (Wildman–Crippen LogP) is 2.52. The number of hydrogen-bond acceptors (Lipinski definition) is 5. The minimum Gasteiger partial charge on any atom is -0.396 e. The van der Waals surface area contributed by atoms with E-state index in [1.165, 1.54) is 4.90 Å². The summed E-state index contributed by atoms with van der Waals surface area (Å²) in [5.41, 5.74) is -0.422. The van der Waals surface area contributed by atoms with Gasteiger partial charge in [-0.2, -0.15) is 5.26 Å². The molecule has 0 aliphatic carbocycles. The van der Waals surface area contributed by atoms with E-state index in [1.54, 1.807) is 12.1 Å². The molecule has 3 aliphatic rings. The number of fused-ring (bicyclic) bond motifs is 6. The Labute approximate surface area is 162 Å². The van der Waals surface area contributed by atoms with Crippen LogP contribution in [0.5, 0.6) is 0 Å². The largest absolute Gasteiger partial charge is 0.396 e. The van der Waals surface area contributed by atoms with Crippen LogP contribution in [0.1, 0.15) is 31.7 Å². The average molecular weight is 376 g/mol. The van der Waals surface area contributed by atoms with Crippen LogP contribution in [0.25, 0.3) is 10.8 Å². The van der Waals surface area contributed by atoms with Crippen LogP contribution >= 0.6 is 0 Å². The normalized spacial score (nSPS) is 33.5. The van der Waals surface area contributed by atoms with E-state index in [0.717, 1.165) is 5.39 Å². The molecule has 1 N–H and O–H groups in total. The molecule has 0 radical (unpaired) electrons. The van der Waals surface area contributed by atoms with E-state index >= 15 is 0 Å². The maximum absolute atomic E-state index is 13.5. The molecule has 6 nitrogen and oxygen atoms in total. The van der Waals surface area contributed by atoms with E-state index in [9.17, 15) is 20.0 Å². The Morgan fingerprint density at radius 2 is 1.86 bits per heavy atom.